The Balaban J connectivity index is 1.44. The Morgan fingerprint density at radius 1 is 1.05 bits per heavy atom. The molecule has 2 aliphatic rings. The number of carboxylic acids is 1. The van der Waals surface area contributed by atoms with Gasteiger partial charge in [-0.3, -0.25) is 4.90 Å². The van der Waals surface area contributed by atoms with Crippen molar-refractivity contribution in [2.45, 2.75) is 83.5 Å². The van der Waals surface area contributed by atoms with E-state index in [2.05, 4.69) is 12.1 Å². The smallest absolute Gasteiger partial charge is 0.329 e. The summed E-state index contributed by atoms with van der Waals surface area (Å²) in [5.74, 6) is -2.19. The van der Waals surface area contributed by atoms with Crippen LogP contribution in [0.2, 0.25) is 0 Å². The first kappa shape index (κ1) is 30.1. The third-order valence-corrected chi connectivity index (χ3v) is 7.65. The van der Waals surface area contributed by atoms with Crippen molar-refractivity contribution < 1.29 is 32.5 Å². The monoisotopic (exact) mass is 559 g/mol. The van der Waals surface area contributed by atoms with Crippen LogP contribution in [0.4, 0.5) is 13.2 Å². The fourth-order valence-corrected chi connectivity index (χ4v) is 5.94. The molecule has 0 radical (unpaired) electrons. The highest BCUT2D eigenvalue weighted by atomic mass is 19.1. The van der Waals surface area contributed by atoms with E-state index in [1.54, 1.807) is 0 Å². The van der Waals surface area contributed by atoms with Gasteiger partial charge in [-0.05, 0) is 68.7 Å². The van der Waals surface area contributed by atoms with Gasteiger partial charge in [-0.15, -0.1) is 0 Å². The van der Waals surface area contributed by atoms with Crippen molar-refractivity contribution in [1.29, 1.82) is 0 Å². The summed E-state index contributed by atoms with van der Waals surface area (Å²) in [4.78, 5) is 12.3. The molecule has 1 aliphatic carbocycles. The number of benzene rings is 2. The molecular weight excluding hydrogens is 519 g/mol. The molecule has 2 atom stereocenters. The van der Waals surface area contributed by atoms with E-state index in [4.69, 9.17) is 14.6 Å². The van der Waals surface area contributed by atoms with E-state index in [0.29, 0.717) is 26.1 Å². The summed E-state index contributed by atoms with van der Waals surface area (Å²) in [5.41, 5.74) is 2.75. The molecular formula is C32H40F3NO4. The van der Waals surface area contributed by atoms with Crippen molar-refractivity contribution in [2.24, 2.45) is 0 Å². The van der Waals surface area contributed by atoms with E-state index in [9.17, 15) is 9.18 Å². The predicted molar refractivity (Wildman–Crippen MR) is 149 cm³/mol. The van der Waals surface area contributed by atoms with Crippen molar-refractivity contribution in [3.8, 4) is 5.75 Å². The molecule has 2 aromatic rings. The Kier molecular flexibility index (Phi) is 9.95. The molecule has 0 saturated heterocycles. The Morgan fingerprint density at radius 2 is 1.70 bits per heavy atom. The number of aliphatic carboxylic acids is 1. The van der Waals surface area contributed by atoms with Crippen LogP contribution in [0.25, 0.3) is 5.57 Å². The Morgan fingerprint density at radius 3 is 2.38 bits per heavy atom. The van der Waals surface area contributed by atoms with Crippen LogP contribution in [-0.4, -0.2) is 54.1 Å². The number of unbranched alkanes of at least 4 members (excludes halogenated alkanes) is 4. The van der Waals surface area contributed by atoms with Gasteiger partial charge < -0.3 is 14.6 Å². The minimum absolute atomic E-state index is 0.0476. The maximum absolute atomic E-state index is 15.7. The fraction of sp³-hybridized carbons (Fsp3) is 0.531. The van der Waals surface area contributed by atoms with Gasteiger partial charge in [0.1, 0.15) is 29.7 Å². The molecule has 5 nitrogen and oxygen atoms in total. The van der Waals surface area contributed by atoms with Crippen molar-refractivity contribution in [3.05, 3.63) is 70.3 Å². The van der Waals surface area contributed by atoms with Crippen molar-refractivity contribution >= 4 is 11.5 Å². The molecule has 40 heavy (non-hydrogen) atoms. The van der Waals surface area contributed by atoms with Crippen LogP contribution in [0.1, 0.15) is 82.0 Å². The number of carboxylic acid groups (broad SMARTS) is 1. The number of nitrogens with zero attached hydrogens (tertiary/aromatic N) is 1. The number of halogens is 3. The third-order valence-electron chi connectivity index (χ3n) is 7.65. The first-order chi connectivity index (χ1) is 19.0. The summed E-state index contributed by atoms with van der Waals surface area (Å²) in [6.45, 7) is 5.54. The maximum Gasteiger partial charge on any atom is 0.329 e. The van der Waals surface area contributed by atoms with Crippen LogP contribution in [0.5, 0.6) is 5.75 Å². The van der Waals surface area contributed by atoms with Crippen LogP contribution in [0.3, 0.4) is 0 Å². The number of fused-ring (bicyclic) bond motifs is 2. The SMILES string of the molecule is C[C@@H]1CC2=C(Cc3ccccc32)[C@@H](c2c(F)cc(OCCCCCCCOCC(=O)O)cc2F)N1CC(C)(C)F. The number of ether oxygens (including phenoxy) is 2. The van der Waals surface area contributed by atoms with Crippen molar-refractivity contribution in [2.75, 3.05) is 26.4 Å². The van der Waals surface area contributed by atoms with Crippen LogP contribution in [-0.2, 0) is 16.0 Å². The minimum Gasteiger partial charge on any atom is -0.493 e. The molecule has 1 N–H and O–H groups in total. The van der Waals surface area contributed by atoms with E-state index in [1.165, 1.54) is 26.0 Å². The lowest BCUT2D eigenvalue weighted by atomic mass is 9.84. The molecule has 218 valence electrons. The van der Waals surface area contributed by atoms with Gasteiger partial charge in [0.05, 0.1) is 12.6 Å². The maximum atomic E-state index is 15.7. The average Bonchev–Trinajstić information content (AvgIpc) is 3.23. The summed E-state index contributed by atoms with van der Waals surface area (Å²) < 4.78 is 57.1. The normalized spacial score (nSPS) is 19.1. The lowest BCUT2D eigenvalue weighted by molar-refractivity contribution is -0.142. The Bertz CT molecular complexity index is 1200. The molecule has 0 fully saturated rings. The topological polar surface area (TPSA) is 59.0 Å². The summed E-state index contributed by atoms with van der Waals surface area (Å²) in [7, 11) is 0. The van der Waals surface area contributed by atoms with Gasteiger partial charge in [0, 0.05) is 36.9 Å². The molecule has 4 rings (SSSR count). The quantitative estimate of drug-likeness (QED) is 0.246. The van der Waals surface area contributed by atoms with Crippen LogP contribution in [0, 0.1) is 11.6 Å². The van der Waals surface area contributed by atoms with Crippen LogP contribution < -0.4 is 4.74 Å². The fourth-order valence-electron chi connectivity index (χ4n) is 5.94. The molecule has 2 aromatic carbocycles. The number of alkyl halides is 1. The number of hydrogen-bond acceptors (Lipinski definition) is 4. The summed E-state index contributed by atoms with van der Waals surface area (Å²) >= 11 is 0. The molecule has 0 spiro atoms. The predicted octanol–water partition coefficient (Wildman–Crippen LogP) is 7.29. The largest absolute Gasteiger partial charge is 0.493 e. The van der Waals surface area contributed by atoms with Gasteiger partial charge in [-0.2, -0.15) is 0 Å². The zero-order valence-corrected chi connectivity index (χ0v) is 23.7. The molecule has 0 aromatic heterocycles. The molecule has 1 aliphatic heterocycles. The van der Waals surface area contributed by atoms with Crippen LogP contribution >= 0.6 is 0 Å². The van der Waals surface area contributed by atoms with Gasteiger partial charge in [0.25, 0.3) is 0 Å². The standard InChI is InChI=1S/C32H40F3NO4/c1-21-15-25-24-12-8-7-11-22(24)16-26(25)31(36(21)20-32(2,3)35)30-27(33)17-23(18-28(30)34)40-14-10-6-4-5-9-13-39-19-29(37)38/h7-8,11-12,17-18,21,31H,4-6,9-10,13-16,19-20H2,1-3H3,(H,37,38)/t21-,31+/m1/s1. The van der Waals surface area contributed by atoms with E-state index in [-0.39, 0.29) is 30.5 Å². The van der Waals surface area contributed by atoms with Gasteiger partial charge in [0.15, 0.2) is 0 Å². The van der Waals surface area contributed by atoms with Gasteiger partial charge >= 0.3 is 5.97 Å². The second kappa shape index (κ2) is 13.2. The summed E-state index contributed by atoms with van der Waals surface area (Å²) in [5, 5.41) is 8.55. The second-order valence-electron chi connectivity index (χ2n) is 11.5. The third kappa shape index (κ3) is 7.46. The minimum atomic E-state index is -1.53. The van der Waals surface area contributed by atoms with E-state index >= 15 is 8.78 Å². The van der Waals surface area contributed by atoms with Crippen LogP contribution in [0.15, 0.2) is 42.0 Å². The highest BCUT2D eigenvalue weighted by Gasteiger charge is 2.42. The molecule has 0 unspecified atom stereocenters. The van der Waals surface area contributed by atoms with Crippen molar-refractivity contribution in [1.82, 2.24) is 4.90 Å². The molecule has 1 heterocycles. The first-order valence-corrected chi connectivity index (χ1v) is 14.2. The highest BCUT2D eigenvalue weighted by Crippen LogP contribution is 2.50. The molecule has 0 amide bonds. The highest BCUT2D eigenvalue weighted by molar-refractivity contribution is 5.79. The van der Waals surface area contributed by atoms with E-state index in [1.807, 2.05) is 24.0 Å². The zero-order chi connectivity index (χ0) is 28.9. The van der Waals surface area contributed by atoms with Gasteiger partial charge in [-0.1, -0.05) is 43.5 Å². The Hall–Kier alpha value is -2.84. The lowest BCUT2D eigenvalue weighted by Gasteiger charge is -2.44. The molecule has 8 heteroatoms. The van der Waals surface area contributed by atoms with E-state index in [0.717, 1.165) is 54.4 Å². The number of rotatable bonds is 14. The number of hydrogen-bond donors (Lipinski definition) is 1. The van der Waals surface area contributed by atoms with E-state index < -0.39 is 29.3 Å². The summed E-state index contributed by atoms with van der Waals surface area (Å²) in [6.07, 6.45) is 5.54. The summed E-state index contributed by atoms with van der Waals surface area (Å²) in [6, 6.07) is 9.77. The lowest BCUT2D eigenvalue weighted by Crippen LogP contribution is -2.47. The first-order valence-electron chi connectivity index (χ1n) is 14.2. The number of carbonyl (C=O) groups is 1. The molecule has 0 saturated carbocycles. The van der Waals surface area contributed by atoms with Crippen molar-refractivity contribution in [3.63, 3.8) is 0 Å². The molecule has 0 bridgehead atoms. The average molecular weight is 560 g/mol. The second-order valence-corrected chi connectivity index (χ2v) is 11.5. The zero-order valence-electron chi connectivity index (χ0n) is 23.7. The Labute approximate surface area is 235 Å². The van der Waals surface area contributed by atoms with Gasteiger partial charge in [-0.25, -0.2) is 18.0 Å². The van der Waals surface area contributed by atoms with Gasteiger partial charge in [0.2, 0.25) is 0 Å².